The van der Waals surface area contributed by atoms with Crippen molar-refractivity contribution in [1.82, 2.24) is 4.57 Å². The summed E-state index contributed by atoms with van der Waals surface area (Å²) in [4.78, 5) is 0. The van der Waals surface area contributed by atoms with Crippen LogP contribution in [0.25, 0.3) is 5.95 Å². The second-order valence-corrected chi connectivity index (χ2v) is 1.97. The van der Waals surface area contributed by atoms with Crippen molar-refractivity contribution in [2.45, 2.75) is 0 Å². The minimum absolute atomic E-state index is 0.947. The molecule has 4 heteroatoms. The third kappa shape index (κ3) is 1.36. The highest BCUT2D eigenvalue weighted by Gasteiger charge is 2.02. The van der Waals surface area contributed by atoms with E-state index in [0.29, 0.717) is 0 Å². The van der Waals surface area contributed by atoms with Gasteiger partial charge >= 0.3 is 0 Å². The van der Waals surface area contributed by atoms with Crippen molar-refractivity contribution >= 4 is 17.6 Å². The minimum Gasteiger partial charge on any atom is -0.297 e. The molecule has 0 spiro atoms. The quantitative estimate of drug-likeness (QED) is 0.600. The lowest BCUT2D eigenvalue weighted by Crippen LogP contribution is -1.86. The Morgan fingerprint density at radius 1 is 1.20 bits per heavy atom. The maximum absolute atomic E-state index is 12.4. The average molecular weight is 164 g/mol. The first-order valence-electron chi connectivity index (χ1n) is 2.56. The molecule has 0 amide bonds. The summed E-state index contributed by atoms with van der Waals surface area (Å²) in [6, 6.07) is 3.14. The first-order chi connectivity index (χ1) is 4.72. The molecule has 1 rings (SSSR count). The maximum Gasteiger partial charge on any atom is 0.245 e. The number of nitrogens with zero attached hydrogens (tertiary/aromatic N) is 1. The molecule has 0 N–H and O–H groups in total. The molecule has 0 aliphatic rings. The fraction of sp³-hybridized carbons (Fsp3) is 0. The van der Waals surface area contributed by atoms with Crippen molar-refractivity contribution in [2.75, 3.05) is 0 Å². The second-order valence-electron chi connectivity index (χ2n) is 1.64. The van der Waals surface area contributed by atoms with Crippen LogP contribution in [0.4, 0.5) is 8.78 Å². The number of aromatic nitrogens is 1. The van der Waals surface area contributed by atoms with E-state index >= 15 is 0 Å². The van der Waals surface area contributed by atoms with Crippen LogP contribution in [0.1, 0.15) is 0 Å². The van der Waals surface area contributed by atoms with E-state index in [1.807, 2.05) is 0 Å². The summed E-state index contributed by atoms with van der Waals surface area (Å²) in [6.07, 6.45) is 2.72. The molecule has 0 bridgehead atoms. The standard InChI is InChI=1S/C6H4ClF2N/c7-5(8)6(9)10-3-1-2-4-10/h1-4H. The Balaban J connectivity index is 2.99. The lowest BCUT2D eigenvalue weighted by atomic mass is 10.7. The van der Waals surface area contributed by atoms with Crippen LogP contribution < -0.4 is 0 Å². The minimum atomic E-state index is -1.34. The van der Waals surface area contributed by atoms with E-state index in [1.54, 1.807) is 12.1 Å². The van der Waals surface area contributed by atoms with Crippen LogP contribution in [-0.2, 0) is 0 Å². The lowest BCUT2D eigenvalue weighted by molar-refractivity contribution is 0.614. The number of hydrogen-bond donors (Lipinski definition) is 0. The van der Waals surface area contributed by atoms with Gasteiger partial charge in [-0.15, -0.1) is 0 Å². The molecule has 0 radical (unpaired) electrons. The maximum atomic E-state index is 12.4. The van der Waals surface area contributed by atoms with E-state index in [1.165, 1.54) is 12.4 Å². The van der Waals surface area contributed by atoms with Crippen LogP contribution in [-0.4, -0.2) is 4.57 Å². The van der Waals surface area contributed by atoms with E-state index in [-0.39, 0.29) is 0 Å². The monoisotopic (exact) mass is 163 g/mol. The topological polar surface area (TPSA) is 4.93 Å². The molecule has 0 aromatic carbocycles. The van der Waals surface area contributed by atoms with Gasteiger partial charge < -0.3 is 0 Å². The van der Waals surface area contributed by atoms with Gasteiger partial charge in [0.05, 0.1) is 0 Å². The molecule has 54 valence electrons. The van der Waals surface area contributed by atoms with E-state index < -0.39 is 11.2 Å². The summed E-state index contributed by atoms with van der Waals surface area (Å²) in [6.45, 7) is 0. The molecule has 0 unspecified atom stereocenters. The fourth-order valence-electron chi connectivity index (χ4n) is 0.563. The van der Waals surface area contributed by atoms with Crippen molar-refractivity contribution in [3.8, 4) is 0 Å². The normalized spacial score (nSPS) is 13.1. The SMILES string of the molecule is FC(Cl)=C(F)n1cccc1. The van der Waals surface area contributed by atoms with Crippen molar-refractivity contribution in [2.24, 2.45) is 0 Å². The molecular weight excluding hydrogens is 160 g/mol. The molecule has 0 aliphatic carbocycles. The first kappa shape index (κ1) is 7.28. The average Bonchev–Trinajstić information content (AvgIpc) is 2.36. The van der Waals surface area contributed by atoms with Gasteiger partial charge in [-0.1, -0.05) is 0 Å². The highest BCUT2D eigenvalue weighted by Crippen LogP contribution is 2.16. The number of rotatable bonds is 1. The molecule has 0 aliphatic heterocycles. The van der Waals surface area contributed by atoms with Gasteiger partial charge in [-0.3, -0.25) is 4.57 Å². The van der Waals surface area contributed by atoms with Gasteiger partial charge in [0.2, 0.25) is 11.2 Å². The van der Waals surface area contributed by atoms with Gasteiger partial charge in [0.25, 0.3) is 0 Å². The lowest BCUT2D eigenvalue weighted by Gasteiger charge is -1.94. The Bertz CT molecular complexity index is 236. The molecule has 1 heterocycles. The largest absolute Gasteiger partial charge is 0.297 e. The van der Waals surface area contributed by atoms with Crippen molar-refractivity contribution in [3.63, 3.8) is 0 Å². The van der Waals surface area contributed by atoms with Crippen LogP contribution in [0, 0.1) is 0 Å². The van der Waals surface area contributed by atoms with Crippen LogP contribution in [0.3, 0.4) is 0 Å². The summed E-state index contributed by atoms with van der Waals surface area (Å²) >= 11 is 4.74. The van der Waals surface area contributed by atoms with Crippen molar-refractivity contribution in [3.05, 3.63) is 29.8 Å². The summed E-state index contributed by atoms with van der Waals surface area (Å²) in [7, 11) is 0. The third-order valence-corrected chi connectivity index (χ3v) is 1.14. The predicted molar refractivity (Wildman–Crippen MR) is 35.7 cm³/mol. The van der Waals surface area contributed by atoms with Crippen molar-refractivity contribution < 1.29 is 8.78 Å². The summed E-state index contributed by atoms with van der Waals surface area (Å²) < 4.78 is 25.3. The van der Waals surface area contributed by atoms with Gasteiger partial charge in [-0.05, 0) is 23.7 Å². The Hall–Kier alpha value is -0.830. The second kappa shape index (κ2) is 2.84. The van der Waals surface area contributed by atoms with E-state index in [0.717, 1.165) is 4.57 Å². The van der Waals surface area contributed by atoms with E-state index in [4.69, 9.17) is 11.6 Å². The van der Waals surface area contributed by atoms with Gasteiger partial charge in [0, 0.05) is 12.4 Å². The summed E-state index contributed by atoms with van der Waals surface area (Å²) in [5.74, 6) is -1.09. The molecule has 0 atom stereocenters. The summed E-state index contributed by atoms with van der Waals surface area (Å²) in [5, 5.41) is -1.34. The van der Waals surface area contributed by atoms with Crippen LogP contribution >= 0.6 is 11.6 Å². The molecule has 0 fully saturated rings. The molecular formula is C6H4ClF2N. The van der Waals surface area contributed by atoms with Gasteiger partial charge in [-0.25, -0.2) is 0 Å². The molecule has 0 saturated heterocycles. The van der Waals surface area contributed by atoms with Crippen molar-refractivity contribution in [1.29, 1.82) is 0 Å². The molecule has 1 aromatic heterocycles. The fourth-order valence-corrected chi connectivity index (χ4v) is 0.661. The zero-order chi connectivity index (χ0) is 7.56. The molecule has 0 saturated carbocycles. The van der Waals surface area contributed by atoms with Crippen LogP contribution in [0.5, 0.6) is 0 Å². The Morgan fingerprint density at radius 2 is 1.70 bits per heavy atom. The summed E-state index contributed by atoms with van der Waals surface area (Å²) in [5.41, 5.74) is 0. The van der Waals surface area contributed by atoms with E-state index in [9.17, 15) is 8.78 Å². The Labute approximate surface area is 61.5 Å². The molecule has 1 nitrogen and oxygen atoms in total. The highest BCUT2D eigenvalue weighted by molar-refractivity contribution is 6.30. The zero-order valence-corrected chi connectivity index (χ0v) is 5.65. The van der Waals surface area contributed by atoms with E-state index in [2.05, 4.69) is 0 Å². The van der Waals surface area contributed by atoms with Gasteiger partial charge in [-0.2, -0.15) is 8.78 Å². The number of hydrogen-bond acceptors (Lipinski definition) is 0. The van der Waals surface area contributed by atoms with Crippen LogP contribution in [0.2, 0.25) is 0 Å². The Kier molecular flexibility index (Phi) is 2.06. The molecule has 1 aromatic rings. The van der Waals surface area contributed by atoms with Crippen LogP contribution in [0.15, 0.2) is 29.8 Å². The highest BCUT2D eigenvalue weighted by atomic mass is 35.5. The van der Waals surface area contributed by atoms with Gasteiger partial charge in [0.1, 0.15) is 0 Å². The Morgan fingerprint density at radius 3 is 2.10 bits per heavy atom. The smallest absolute Gasteiger partial charge is 0.245 e. The number of halogens is 3. The van der Waals surface area contributed by atoms with Gasteiger partial charge in [0.15, 0.2) is 0 Å². The first-order valence-corrected chi connectivity index (χ1v) is 2.93. The predicted octanol–water partition coefficient (Wildman–Crippen LogP) is 2.75. The molecule has 10 heavy (non-hydrogen) atoms. The third-order valence-electron chi connectivity index (χ3n) is 0.987. The zero-order valence-electron chi connectivity index (χ0n) is 4.89.